The van der Waals surface area contributed by atoms with E-state index in [2.05, 4.69) is 23.1 Å². The molecule has 1 aromatic rings. The van der Waals surface area contributed by atoms with Gasteiger partial charge in [0, 0.05) is 18.0 Å². The molecule has 3 atom stereocenters. The van der Waals surface area contributed by atoms with Gasteiger partial charge in [-0.05, 0) is 74.2 Å². The van der Waals surface area contributed by atoms with Crippen LogP contribution in [0.15, 0.2) is 18.2 Å². The second-order valence-electron chi connectivity index (χ2n) is 9.00. The normalized spacial score (nSPS) is 37.8. The van der Waals surface area contributed by atoms with E-state index >= 15 is 0 Å². The van der Waals surface area contributed by atoms with Gasteiger partial charge >= 0.3 is 0 Å². The van der Waals surface area contributed by atoms with E-state index in [0.29, 0.717) is 6.04 Å². The molecule has 1 aromatic carbocycles. The van der Waals surface area contributed by atoms with Gasteiger partial charge in [0.15, 0.2) is 0 Å². The number of hydrogen-bond acceptors (Lipinski definition) is 3. The summed E-state index contributed by atoms with van der Waals surface area (Å²) < 4.78 is 5.53. The molecule has 3 heteroatoms. The molecule has 25 heavy (non-hydrogen) atoms. The summed E-state index contributed by atoms with van der Waals surface area (Å²) in [6, 6.07) is 6.92. The lowest BCUT2D eigenvalue weighted by Crippen LogP contribution is -2.72. The highest BCUT2D eigenvalue weighted by Crippen LogP contribution is 2.58. The number of nitrogens with zero attached hydrogens (tertiary/aromatic N) is 1. The Kier molecular flexibility index (Phi) is 3.69. The SMILES string of the molecule is COc1ccc2c(c1)[C@@]13CCCCC1(O)[C@@H](C2)N(CC1CCC1)CC3. The molecule has 1 saturated heterocycles. The summed E-state index contributed by atoms with van der Waals surface area (Å²) in [4.78, 5) is 2.67. The first-order valence-electron chi connectivity index (χ1n) is 10.3. The average Bonchev–Trinajstić information content (AvgIpc) is 2.59. The van der Waals surface area contributed by atoms with Gasteiger partial charge < -0.3 is 9.84 Å². The van der Waals surface area contributed by atoms with Crippen LogP contribution in [0.4, 0.5) is 0 Å². The van der Waals surface area contributed by atoms with Crippen LogP contribution >= 0.6 is 0 Å². The zero-order valence-corrected chi connectivity index (χ0v) is 15.5. The largest absolute Gasteiger partial charge is 0.497 e. The Morgan fingerprint density at radius 1 is 1.16 bits per heavy atom. The highest BCUT2D eigenvalue weighted by atomic mass is 16.5. The summed E-state index contributed by atoms with van der Waals surface area (Å²) >= 11 is 0. The van der Waals surface area contributed by atoms with Crippen molar-refractivity contribution in [1.29, 1.82) is 0 Å². The fourth-order valence-electron chi connectivity index (χ4n) is 6.44. The Morgan fingerprint density at radius 2 is 2.00 bits per heavy atom. The molecule has 5 rings (SSSR count). The molecule has 0 spiro atoms. The first-order valence-corrected chi connectivity index (χ1v) is 10.3. The number of piperidine rings is 1. The maximum atomic E-state index is 12.1. The Bertz CT molecular complexity index is 670. The van der Waals surface area contributed by atoms with Gasteiger partial charge in [0.1, 0.15) is 5.75 Å². The standard InChI is InChI=1S/C22H31NO2/c1-25-18-8-7-17-13-20-22(24)10-3-2-9-21(22,19(17)14-18)11-12-23(20)15-16-5-4-6-16/h7-8,14,16,20,24H,2-6,9-13,15H2,1H3/t20-,21+,22?/m1/s1. The van der Waals surface area contributed by atoms with Crippen molar-refractivity contribution in [3.05, 3.63) is 29.3 Å². The Morgan fingerprint density at radius 3 is 2.76 bits per heavy atom. The monoisotopic (exact) mass is 341 g/mol. The minimum absolute atomic E-state index is 0.0475. The smallest absolute Gasteiger partial charge is 0.119 e. The van der Waals surface area contributed by atoms with Crippen molar-refractivity contribution >= 4 is 0 Å². The fraction of sp³-hybridized carbons (Fsp3) is 0.727. The highest BCUT2D eigenvalue weighted by molar-refractivity contribution is 5.48. The Hall–Kier alpha value is -1.06. The molecular weight excluding hydrogens is 310 g/mol. The number of benzene rings is 1. The quantitative estimate of drug-likeness (QED) is 0.910. The third kappa shape index (κ3) is 2.18. The third-order valence-electron chi connectivity index (χ3n) is 8.02. The predicted octanol–water partition coefficient (Wildman–Crippen LogP) is 3.67. The summed E-state index contributed by atoms with van der Waals surface area (Å²) in [5.74, 6) is 1.81. The number of aliphatic hydroxyl groups is 1. The maximum absolute atomic E-state index is 12.1. The van der Waals surface area contributed by atoms with Crippen molar-refractivity contribution in [2.24, 2.45) is 5.92 Å². The first-order chi connectivity index (χ1) is 12.2. The zero-order valence-electron chi connectivity index (χ0n) is 15.5. The molecule has 1 unspecified atom stereocenters. The molecule has 0 radical (unpaired) electrons. The van der Waals surface area contributed by atoms with Crippen molar-refractivity contribution in [3.63, 3.8) is 0 Å². The van der Waals surface area contributed by atoms with Crippen LogP contribution in [0.2, 0.25) is 0 Å². The van der Waals surface area contributed by atoms with E-state index in [1.807, 2.05) is 0 Å². The van der Waals surface area contributed by atoms with Gasteiger partial charge in [-0.3, -0.25) is 4.90 Å². The molecule has 136 valence electrons. The number of rotatable bonds is 3. The van der Waals surface area contributed by atoms with E-state index in [1.54, 1.807) is 7.11 Å². The van der Waals surface area contributed by atoms with Gasteiger partial charge in [-0.1, -0.05) is 25.3 Å². The molecule has 1 aliphatic heterocycles. The van der Waals surface area contributed by atoms with E-state index in [0.717, 1.165) is 43.9 Å². The van der Waals surface area contributed by atoms with Crippen LogP contribution in [0, 0.1) is 5.92 Å². The minimum Gasteiger partial charge on any atom is -0.497 e. The van der Waals surface area contributed by atoms with Crippen LogP contribution in [0.3, 0.4) is 0 Å². The summed E-state index contributed by atoms with van der Waals surface area (Å²) in [6.45, 7) is 2.36. The number of hydrogen-bond donors (Lipinski definition) is 1. The molecule has 2 saturated carbocycles. The van der Waals surface area contributed by atoms with E-state index < -0.39 is 5.60 Å². The Labute approximate surface area is 151 Å². The molecule has 4 aliphatic rings. The molecule has 1 heterocycles. The number of ether oxygens (including phenoxy) is 1. The lowest BCUT2D eigenvalue weighted by Gasteiger charge is -2.64. The zero-order chi connectivity index (χ0) is 17.1. The van der Waals surface area contributed by atoms with Gasteiger partial charge in [-0.15, -0.1) is 0 Å². The van der Waals surface area contributed by atoms with Crippen LogP contribution in [0.1, 0.15) is 62.5 Å². The summed E-state index contributed by atoms with van der Waals surface area (Å²) in [5, 5.41) is 12.1. The van der Waals surface area contributed by atoms with Crippen LogP contribution in [0.25, 0.3) is 0 Å². The first kappa shape index (κ1) is 16.1. The summed E-state index contributed by atoms with van der Waals surface area (Å²) in [6.07, 6.45) is 10.8. The van der Waals surface area contributed by atoms with E-state index in [1.165, 1.54) is 49.8 Å². The third-order valence-corrected chi connectivity index (χ3v) is 8.02. The Balaban J connectivity index is 1.58. The molecule has 3 fully saturated rings. The second-order valence-corrected chi connectivity index (χ2v) is 9.00. The summed E-state index contributed by atoms with van der Waals surface area (Å²) in [5.41, 5.74) is 2.25. The predicted molar refractivity (Wildman–Crippen MR) is 99.1 cm³/mol. The van der Waals surface area contributed by atoms with Crippen molar-refractivity contribution in [2.75, 3.05) is 20.2 Å². The summed E-state index contributed by atoms with van der Waals surface area (Å²) in [7, 11) is 1.75. The van der Waals surface area contributed by atoms with Gasteiger partial charge in [0.05, 0.1) is 12.7 Å². The van der Waals surface area contributed by atoms with Crippen LogP contribution in [0.5, 0.6) is 5.75 Å². The topological polar surface area (TPSA) is 32.7 Å². The molecule has 3 aliphatic carbocycles. The van der Waals surface area contributed by atoms with Crippen molar-refractivity contribution in [1.82, 2.24) is 4.90 Å². The number of methoxy groups -OCH3 is 1. The minimum atomic E-state index is -0.549. The molecule has 3 nitrogen and oxygen atoms in total. The van der Waals surface area contributed by atoms with E-state index in [9.17, 15) is 5.11 Å². The highest BCUT2D eigenvalue weighted by Gasteiger charge is 2.63. The van der Waals surface area contributed by atoms with Gasteiger partial charge in [0.2, 0.25) is 0 Å². The van der Waals surface area contributed by atoms with Crippen LogP contribution in [-0.4, -0.2) is 41.8 Å². The lowest BCUT2D eigenvalue weighted by atomic mass is 9.49. The van der Waals surface area contributed by atoms with Gasteiger partial charge in [-0.25, -0.2) is 0 Å². The molecule has 1 N–H and O–H groups in total. The van der Waals surface area contributed by atoms with Gasteiger partial charge in [0.25, 0.3) is 0 Å². The molecule has 0 amide bonds. The van der Waals surface area contributed by atoms with Crippen LogP contribution < -0.4 is 4.74 Å². The van der Waals surface area contributed by atoms with Crippen molar-refractivity contribution in [3.8, 4) is 5.75 Å². The van der Waals surface area contributed by atoms with E-state index in [-0.39, 0.29) is 5.41 Å². The van der Waals surface area contributed by atoms with Crippen LogP contribution in [-0.2, 0) is 11.8 Å². The lowest BCUT2D eigenvalue weighted by molar-refractivity contribution is -0.169. The molecule has 0 aromatic heterocycles. The van der Waals surface area contributed by atoms with E-state index in [4.69, 9.17) is 4.74 Å². The van der Waals surface area contributed by atoms with Crippen molar-refractivity contribution in [2.45, 2.75) is 74.8 Å². The molecular formula is C22H31NO2. The maximum Gasteiger partial charge on any atom is 0.119 e. The number of likely N-dealkylation sites (tertiary alicyclic amines) is 1. The average molecular weight is 341 g/mol. The number of fused-ring (bicyclic) bond motifs is 1. The second kappa shape index (κ2) is 5.72. The van der Waals surface area contributed by atoms with Gasteiger partial charge in [-0.2, -0.15) is 0 Å². The van der Waals surface area contributed by atoms with Crippen molar-refractivity contribution < 1.29 is 9.84 Å². The fourth-order valence-corrected chi connectivity index (χ4v) is 6.44. The molecule has 2 bridgehead atoms.